The second-order valence-electron chi connectivity index (χ2n) is 4.02. The van der Waals surface area contributed by atoms with E-state index < -0.39 is 10.9 Å². The number of hydrogen-bond acceptors (Lipinski definition) is 4. The number of nitrogens with zero attached hydrogens (tertiary/aromatic N) is 1. The first-order valence-corrected chi connectivity index (χ1v) is 6.38. The number of nitrogens with one attached hydrogen (secondary N) is 1. The van der Waals surface area contributed by atoms with Crippen LogP contribution in [0.4, 0.5) is 17.1 Å². The molecule has 0 spiro atoms. The molecule has 0 unspecified atom stereocenters. The van der Waals surface area contributed by atoms with Gasteiger partial charge in [-0.2, -0.15) is 0 Å². The van der Waals surface area contributed by atoms with E-state index in [0.29, 0.717) is 5.69 Å². The lowest BCUT2D eigenvalue weighted by Gasteiger charge is -2.10. The number of rotatable bonds is 4. The van der Waals surface area contributed by atoms with Gasteiger partial charge >= 0.3 is 5.97 Å². The van der Waals surface area contributed by atoms with Gasteiger partial charge in [-0.05, 0) is 24.3 Å². The standard InChI is InChI=1S/C13H8Cl2N2O4/c14-8-2-1-3-9(12(8)15)16-10-6-7(13(18)19)4-5-11(10)17(20)21/h1-6,16H,(H,18,19). The minimum atomic E-state index is -1.19. The Morgan fingerprint density at radius 2 is 1.90 bits per heavy atom. The third-order valence-electron chi connectivity index (χ3n) is 2.66. The lowest BCUT2D eigenvalue weighted by Crippen LogP contribution is -2.02. The van der Waals surface area contributed by atoms with Crippen molar-refractivity contribution in [2.75, 3.05) is 5.32 Å². The molecule has 0 atom stereocenters. The maximum absolute atomic E-state index is 11.0. The summed E-state index contributed by atoms with van der Waals surface area (Å²) in [6.45, 7) is 0. The highest BCUT2D eigenvalue weighted by Crippen LogP contribution is 2.35. The van der Waals surface area contributed by atoms with Crippen LogP contribution >= 0.6 is 23.2 Å². The maximum Gasteiger partial charge on any atom is 0.335 e. The number of hydrogen-bond donors (Lipinski definition) is 2. The van der Waals surface area contributed by atoms with Gasteiger partial charge in [0.2, 0.25) is 0 Å². The van der Waals surface area contributed by atoms with Crippen molar-refractivity contribution in [3.63, 3.8) is 0 Å². The molecule has 21 heavy (non-hydrogen) atoms. The topological polar surface area (TPSA) is 92.5 Å². The summed E-state index contributed by atoms with van der Waals surface area (Å²) in [7, 11) is 0. The molecular formula is C13H8Cl2N2O4. The number of carbonyl (C=O) groups is 1. The lowest BCUT2D eigenvalue weighted by molar-refractivity contribution is -0.383. The highest BCUT2D eigenvalue weighted by Gasteiger charge is 2.17. The molecule has 6 nitrogen and oxygen atoms in total. The molecule has 2 rings (SSSR count). The van der Waals surface area contributed by atoms with Gasteiger partial charge in [-0.15, -0.1) is 0 Å². The zero-order valence-corrected chi connectivity index (χ0v) is 11.9. The molecule has 2 aromatic rings. The van der Waals surface area contributed by atoms with Crippen LogP contribution in [0.25, 0.3) is 0 Å². The highest BCUT2D eigenvalue weighted by atomic mass is 35.5. The van der Waals surface area contributed by atoms with Crippen molar-refractivity contribution in [3.8, 4) is 0 Å². The van der Waals surface area contributed by atoms with Crippen molar-refractivity contribution in [2.24, 2.45) is 0 Å². The normalized spacial score (nSPS) is 10.2. The second-order valence-corrected chi connectivity index (χ2v) is 4.81. The Bertz CT molecular complexity index is 734. The van der Waals surface area contributed by atoms with Gasteiger partial charge in [-0.25, -0.2) is 4.79 Å². The molecule has 0 radical (unpaired) electrons. The zero-order chi connectivity index (χ0) is 15.6. The number of halogens is 2. The minimum absolute atomic E-state index is 0.0177. The van der Waals surface area contributed by atoms with Crippen molar-refractivity contribution in [2.45, 2.75) is 0 Å². The van der Waals surface area contributed by atoms with Crippen molar-refractivity contribution < 1.29 is 14.8 Å². The minimum Gasteiger partial charge on any atom is -0.478 e. The SMILES string of the molecule is O=C(O)c1ccc([N+](=O)[O-])c(Nc2cccc(Cl)c2Cl)c1. The fourth-order valence-corrected chi connectivity index (χ4v) is 2.02. The largest absolute Gasteiger partial charge is 0.478 e. The number of aromatic carboxylic acids is 1. The van der Waals surface area contributed by atoms with E-state index in [1.54, 1.807) is 18.2 Å². The number of nitro groups is 1. The van der Waals surface area contributed by atoms with Crippen molar-refractivity contribution in [1.29, 1.82) is 0 Å². The Morgan fingerprint density at radius 1 is 1.19 bits per heavy atom. The average Bonchev–Trinajstić information content (AvgIpc) is 2.43. The van der Waals surface area contributed by atoms with E-state index in [2.05, 4.69) is 5.32 Å². The molecule has 2 aromatic carbocycles. The number of carboxylic acids is 1. The smallest absolute Gasteiger partial charge is 0.335 e. The van der Waals surface area contributed by atoms with Crippen LogP contribution in [0.5, 0.6) is 0 Å². The van der Waals surface area contributed by atoms with Gasteiger partial charge in [0, 0.05) is 6.07 Å². The summed E-state index contributed by atoms with van der Waals surface area (Å²) in [5, 5.41) is 23.2. The van der Waals surface area contributed by atoms with E-state index in [-0.39, 0.29) is 27.0 Å². The Hall–Kier alpha value is -2.31. The quantitative estimate of drug-likeness (QED) is 0.643. The fraction of sp³-hybridized carbons (Fsp3) is 0. The second kappa shape index (κ2) is 5.99. The monoisotopic (exact) mass is 326 g/mol. The van der Waals surface area contributed by atoms with Crippen molar-refractivity contribution in [1.82, 2.24) is 0 Å². The number of carboxylic acid groups (broad SMARTS) is 1. The van der Waals surface area contributed by atoms with E-state index >= 15 is 0 Å². The summed E-state index contributed by atoms with van der Waals surface area (Å²) in [6.07, 6.45) is 0. The van der Waals surface area contributed by atoms with Crippen LogP contribution in [-0.4, -0.2) is 16.0 Å². The molecule has 0 aliphatic heterocycles. The number of nitro benzene ring substituents is 1. The molecule has 0 aromatic heterocycles. The maximum atomic E-state index is 11.0. The molecule has 0 aliphatic carbocycles. The molecule has 0 amide bonds. The lowest BCUT2D eigenvalue weighted by atomic mass is 10.1. The molecular weight excluding hydrogens is 319 g/mol. The molecule has 108 valence electrons. The Morgan fingerprint density at radius 3 is 2.52 bits per heavy atom. The van der Waals surface area contributed by atoms with Gasteiger partial charge in [0.05, 0.1) is 26.2 Å². The summed E-state index contributed by atoms with van der Waals surface area (Å²) in [6, 6.07) is 8.19. The summed E-state index contributed by atoms with van der Waals surface area (Å²) in [5.74, 6) is -1.19. The summed E-state index contributed by atoms with van der Waals surface area (Å²) < 4.78 is 0. The summed E-state index contributed by atoms with van der Waals surface area (Å²) in [4.78, 5) is 21.3. The Kier molecular flexibility index (Phi) is 4.30. The molecule has 2 N–H and O–H groups in total. The van der Waals surface area contributed by atoms with Gasteiger partial charge in [0.25, 0.3) is 5.69 Å². The third-order valence-corrected chi connectivity index (χ3v) is 3.48. The van der Waals surface area contributed by atoms with Crippen molar-refractivity contribution >= 4 is 46.2 Å². The molecule has 0 saturated carbocycles. The van der Waals surface area contributed by atoms with Crippen LogP contribution in [0.2, 0.25) is 10.0 Å². The van der Waals surface area contributed by atoms with E-state index in [1.165, 1.54) is 0 Å². The van der Waals surface area contributed by atoms with Crippen LogP contribution in [0.15, 0.2) is 36.4 Å². The molecule has 8 heteroatoms. The van der Waals surface area contributed by atoms with Gasteiger partial charge in [0.1, 0.15) is 5.69 Å². The predicted molar refractivity (Wildman–Crippen MR) is 79.8 cm³/mol. The van der Waals surface area contributed by atoms with Crippen LogP contribution < -0.4 is 5.32 Å². The van der Waals surface area contributed by atoms with Crippen LogP contribution in [-0.2, 0) is 0 Å². The Labute approximate surface area is 129 Å². The van der Waals surface area contributed by atoms with E-state index in [4.69, 9.17) is 28.3 Å². The van der Waals surface area contributed by atoms with Gasteiger partial charge in [-0.1, -0.05) is 29.3 Å². The first-order chi connectivity index (χ1) is 9.90. The van der Waals surface area contributed by atoms with Gasteiger partial charge in [0.15, 0.2) is 0 Å². The summed E-state index contributed by atoms with van der Waals surface area (Å²) in [5.41, 5.74) is 0.0103. The van der Waals surface area contributed by atoms with Crippen LogP contribution in [0, 0.1) is 10.1 Å². The van der Waals surface area contributed by atoms with Crippen LogP contribution in [0.1, 0.15) is 10.4 Å². The third kappa shape index (κ3) is 3.24. The average molecular weight is 327 g/mol. The number of benzene rings is 2. The Balaban J connectivity index is 2.51. The first-order valence-electron chi connectivity index (χ1n) is 5.63. The molecule has 0 fully saturated rings. The highest BCUT2D eigenvalue weighted by molar-refractivity contribution is 6.43. The van der Waals surface area contributed by atoms with Crippen molar-refractivity contribution in [3.05, 3.63) is 62.1 Å². The number of anilines is 2. The van der Waals surface area contributed by atoms with E-state index in [1.807, 2.05) is 0 Å². The predicted octanol–water partition coefficient (Wildman–Crippen LogP) is 4.34. The van der Waals surface area contributed by atoms with E-state index in [0.717, 1.165) is 18.2 Å². The first kappa shape index (κ1) is 15.1. The fourth-order valence-electron chi connectivity index (χ4n) is 1.67. The van der Waals surface area contributed by atoms with Gasteiger partial charge in [-0.3, -0.25) is 10.1 Å². The zero-order valence-electron chi connectivity index (χ0n) is 10.3. The molecule has 0 aliphatic rings. The molecule has 0 bridgehead atoms. The molecule has 0 heterocycles. The van der Waals surface area contributed by atoms with E-state index in [9.17, 15) is 14.9 Å². The molecule has 0 saturated heterocycles. The van der Waals surface area contributed by atoms with Gasteiger partial charge < -0.3 is 10.4 Å². The summed E-state index contributed by atoms with van der Waals surface area (Å²) >= 11 is 11.9. The van der Waals surface area contributed by atoms with Crippen LogP contribution in [0.3, 0.4) is 0 Å².